The molecule has 3 saturated carbocycles. The van der Waals surface area contributed by atoms with Crippen molar-refractivity contribution >= 4 is 23.4 Å². The fourth-order valence-corrected chi connectivity index (χ4v) is 7.97. The summed E-state index contributed by atoms with van der Waals surface area (Å²) in [6, 6.07) is 0. The van der Waals surface area contributed by atoms with E-state index in [0.717, 1.165) is 18.4 Å². The number of ketones is 2. The van der Waals surface area contributed by atoms with Crippen molar-refractivity contribution in [2.75, 3.05) is 6.61 Å². The van der Waals surface area contributed by atoms with Gasteiger partial charge >= 0.3 is 5.97 Å². The molecule has 0 aromatic rings. The number of rotatable bonds is 3. The molecule has 0 bridgehead atoms. The van der Waals surface area contributed by atoms with Crippen LogP contribution in [0.3, 0.4) is 0 Å². The molecule has 0 unspecified atom stereocenters. The molecule has 1 aliphatic heterocycles. The number of fused-ring (bicyclic) bond motifs is 7. The smallest absolute Gasteiger partial charge is 0.303 e. The van der Waals surface area contributed by atoms with Crippen LogP contribution in [0.5, 0.6) is 0 Å². The first-order valence-corrected chi connectivity index (χ1v) is 11.5. The van der Waals surface area contributed by atoms with Crippen molar-refractivity contribution in [2.45, 2.75) is 71.1 Å². The van der Waals surface area contributed by atoms with Gasteiger partial charge in [0.05, 0.1) is 6.10 Å². The van der Waals surface area contributed by atoms with E-state index in [9.17, 15) is 19.5 Å². The number of ether oxygens (including phenoxy) is 2. The number of hydrogen-bond acceptors (Lipinski definition) is 7. The molecule has 7 heteroatoms. The van der Waals surface area contributed by atoms with Crippen molar-refractivity contribution < 1.29 is 29.0 Å². The third kappa shape index (κ3) is 2.63. The van der Waals surface area contributed by atoms with Crippen LogP contribution in [0, 0.1) is 28.6 Å². The van der Waals surface area contributed by atoms with Crippen LogP contribution in [0.1, 0.15) is 53.4 Å². The van der Waals surface area contributed by atoms with Gasteiger partial charge in [-0.2, -0.15) is 0 Å². The van der Waals surface area contributed by atoms with Crippen molar-refractivity contribution in [2.24, 2.45) is 33.6 Å². The number of esters is 1. The van der Waals surface area contributed by atoms with Gasteiger partial charge in [-0.05, 0) is 49.7 Å². The van der Waals surface area contributed by atoms with Crippen LogP contribution in [-0.4, -0.2) is 52.9 Å². The van der Waals surface area contributed by atoms with Crippen LogP contribution in [-0.2, 0) is 23.9 Å². The van der Waals surface area contributed by atoms with Gasteiger partial charge < -0.3 is 14.6 Å². The molecule has 5 aliphatic rings. The summed E-state index contributed by atoms with van der Waals surface area (Å²) < 4.78 is 11.2. The zero-order valence-electron chi connectivity index (χ0n) is 19.1. The summed E-state index contributed by atoms with van der Waals surface area (Å²) in [7, 11) is 0. The minimum absolute atomic E-state index is 0.00898. The summed E-state index contributed by atoms with van der Waals surface area (Å²) in [5, 5.41) is 11.6. The molecule has 8 atom stereocenters. The van der Waals surface area contributed by atoms with Crippen molar-refractivity contribution in [3.05, 3.63) is 23.8 Å². The molecule has 0 radical (unpaired) electrons. The minimum atomic E-state index is -1.15. The van der Waals surface area contributed by atoms with Crippen LogP contribution in [0.2, 0.25) is 0 Å². The molecular formula is C25H31NO6. The van der Waals surface area contributed by atoms with Gasteiger partial charge in [0.15, 0.2) is 23.8 Å². The number of Topliss-reactive ketones (excluding diaryl/α,β-unsaturated/α-hetero) is 1. The summed E-state index contributed by atoms with van der Waals surface area (Å²) in [6.45, 7) is 6.88. The van der Waals surface area contributed by atoms with E-state index in [1.165, 1.54) is 6.92 Å². The SMILES string of the molecule is CC(=O)OCC(=O)[C@@]12N=C(C)O[C@@H]1C[C@H]1[C@@H]3CCC4=CC(=O)C=C[C@]4(C)[C@H]3[C@H](O)C[C@@]12C. The summed E-state index contributed by atoms with van der Waals surface area (Å²) in [5.41, 5.74) is -1.04. The molecule has 1 heterocycles. The quantitative estimate of drug-likeness (QED) is 0.676. The Morgan fingerprint density at radius 2 is 2.09 bits per heavy atom. The number of carbonyl (C=O) groups excluding carboxylic acids is 3. The number of nitrogens with zero attached hydrogens (tertiary/aromatic N) is 1. The monoisotopic (exact) mass is 441 g/mol. The van der Waals surface area contributed by atoms with Gasteiger partial charge in [0.1, 0.15) is 6.10 Å². The number of aliphatic hydroxyl groups is 1. The van der Waals surface area contributed by atoms with E-state index < -0.39 is 29.1 Å². The average Bonchev–Trinajstić information content (AvgIpc) is 3.17. The number of carbonyl (C=O) groups is 3. The van der Waals surface area contributed by atoms with Crippen LogP contribution >= 0.6 is 0 Å². The van der Waals surface area contributed by atoms with E-state index in [1.807, 2.05) is 6.08 Å². The van der Waals surface area contributed by atoms with Gasteiger partial charge in [0, 0.05) is 30.6 Å². The van der Waals surface area contributed by atoms with E-state index >= 15 is 0 Å². The number of allylic oxidation sites excluding steroid dienone is 4. The Morgan fingerprint density at radius 1 is 1.34 bits per heavy atom. The third-order valence-electron chi connectivity index (χ3n) is 9.17. The lowest BCUT2D eigenvalue weighted by Crippen LogP contribution is -2.62. The molecule has 0 aromatic heterocycles. The maximum atomic E-state index is 13.5. The molecule has 0 amide bonds. The lowest BCUT2D eigenvalue weighted by molar-refractivity contribution is -0.155. The highest BCUT2D eigenvalue weighted by Gasteiger charge is 2.74. The molecule has 5 rings (SSSR count). The molecule has 32 heavy (non-hydrogen) atoms. The molecule has 4 aliphatic carbocycles. The Labute approximate surface area is 187 Å². The predicted octanol–water partition coefficient (Wildman–Crippen LogP) is 2.56. The standard InChI is InChI=1S/C25H31NO6/c1-13-26-25(20(30)12-31-14(2)27)21(32-13)10-18-17-6-5-15-9-16(28)7-8-23(15,3)22(17)19(29)11-24(18,25)4/h7-9,17-19,21-22,29H,5-6,10-12H2,1-4H3/t17-,18-,19+,21+,22+,23-,24-,25+/m0/s1. The van der Waals surface area contributed by atoms with Crippen LogP contribution in [0.15, 0.2) is 28.8 Å². The highest BCUT2D eigenvalue weighted by atomic mass is 16.5. The van der Waals surface area contributed by atoms with Crippen LogP contribution in [0.25, 0.3) is 0 Å². The normalized spacial score (nSPS) is 46.2. The van der Waals surface area contributed by atoms with E-state index in [1.54, 1.807) is 19.1 Å². The predicted molar refractivity (Wildman–Crippen MR) is 116 cm³/mol. The topological polar surface area (TPSA) is 102 Å². The molecule has 172 valence electrons. The van der Waals surface area contributed by atoms with Gasteiger partial charge in [-0.3, -0.25) is 14.4 Å². The second-order valence-electron chi connectivity index (χ2n) is 10.7. The molecule has 0 aromatic carbocycles. The number of aliphatic imine (C=N–C) groups is 1. The molecule has 7 nitrogen and oxygen atoms in total. The van der Waals surface area contributed by atoms with Crippen molar-refractivity contribution in [1.82, 2.24) is 0 Å². The summed E-state index contributed by atoms with van der Waals surface area (Å²) in [5.74, 6) is -0.0140. The molecule has 1 N–H and O–H groups in total. The molecule has 3 fully saturated rings. The van der Waals surface area contributed by atoms with Gasteiger partial charge in [-0.25, -0.2) is 4.99 Å². The van der Waals surface area contributed by atoms with Gasteiger partial charge in [0.2, 0.25) is 5.78 Å². The fourth-order valence-electron chi connectivity index (χ4n) is 7.97. The first kappa shape index (κ1) is 21.6. The Balaban J connectivity index is 1.56. The van der Waals surface area contributed by atoms with Gasteiger partial charge in [0.25, 0.3) is 0 Å². The Bertz CT molecular complexity index is 996. The number of aliphatic hydroxyl groups excluding tert-OH is 1. The van der Waals surface area contributed by atoms with Crippen LogP contribution < -0.4 is 0 Å². The zero-order chi connectivity index (χ0) is 23.1. The third-order valence-corrected chi connectivity index (χ3v) is 9.17. The van der Waals surface area contributed by atoms with E-state index in [2.05, 4.69) is 13.8 Å². The largest absolute Gasteiger partial charge is 0.475 e. The van der Waals surface area contributed by atoms with Crippen molar-refractivity contribution in [3.63, 3.8) is 0 Å². The van der Waals surface area contributed by atoms with E-state index in [-0.39, 0.29) is 41.3 Å². The van der Waals surface area contributed by atoms with Crippen molar-refractivity contribution in [1.29, 1.82) is 0 Å². The van der Waals surface area contributed by atoms with Gasteiger partial charge in [-0.1, -0.05) is 25.5 Å². The highest BCUT2D eigenvalue weighted by Crippen LogP contribution is 2.69. The summed E-state index contributed by atoms with van der Waals surface area (Å²) >= 11 is 0. The molecule has 0 saturated heterocycles. The summed E-state index contributed by atoms with van der Waals surface area (Å²) in [4.78, 5) is 41.7. The summed E-state index contributed by atoms with van der Waals surface area (Å²) in [6.07, 6.45) is 7.01. The second kappa shape index (κ2) is 6.86. The number of hydrogen-bond donors (Lipinski definition) is 1. The zero-order valence-corrected chi connectivity index (χ0v) is 19.1. The lowest BCUT2D eigenvalue weighted by Gasteiger charge is -2.59. The minimum Gasteiger partial charge on any atom is -0.475 e. The first-order chi connectivity index (χ1) is 15.0. The molecule has 0 spiro atoms. The molecular weight excluding hydrogens is 410 g/mol. The van der Waals surface area contributed by atoms with Gasteiger partial charge in [-0.15, -0.1) is 0 Å². The highest BCUT2D eigenvalue weighted by molar-refractivity contribution is 6.01. The van der Waals surface area contributed by atoms with Crippen molar-refractivity contribution in [3.8, 4) is 0 Å². The second-order valence-corrected chi connectivity index (χ2v) is 10.7. The fraction of sp³-hybridized carbons (Fsp3) is 0.680. The first-order valence-electron chi connectivity index (χ1n) is 11.5. The van der Waals surface area contributed by atoms with E-state index in [4.69, 9.17) is 14.5 Å². The maximum Gasteiger partial charge on any atom is 0.303 e. The maximum absolute atomic E-state index is 13.5. The lowest BCUT2D eigenvalue weighted by atomic mass is 9.46. The van der Waals surface area contributed by atoms with E-state index in [0.29, 0.717) is 18.7 Å². The Kier molecular flexibility index (Phi) is 4.62. The Morgan fingerprint density at radius 3 is 2.81 bits per heavy atom. The van der Waals surface area contributed by atoms with Crippen LogP contribution in [0.4, 0.5) is 0 Å². The average molecular weight is 442 g/mol. The Hall–Kier alpha value is -2.28.